The van der Waals surface area contributed by atoms with Crippen LogP contribution in [0.25, 0.3) is 0 Å². The van der Waals surface area contributed by atoms with E-state index >= 15 is 0 Å². The van der Waals surface area contributed by atoms with E-state index in [1.807, 2.05) is 0 Å². The average Bonchev–Trinajstić information content (AvgIpc) is 2.90. The number of ether oxygens (including phenoxy) is 1. The average molecular weight is 289 g/mol. The van der Waals surface area contributed by atoms with Gasteiger partial charge in [-0.3, -0.25) is 4.90 Å². The van der Waals surface area contributed by atoms with Crippen molar-refractivity contribution in [1.29, 1.82) is 0 Å². The predicted octanol–water partition coefficient (Wildman–Crippen LogP) is 0.961. The van der Waals surface area contributed by atoms with Crippen molar-refractivity contribution in [1.82, 2.24) is 20.4 Å². The Hall–Kier alpha value is -0.690. The molecule has 108 valence electrons. The number of aromatic nitrogens is 2. The van der Waals surface area contributed by atoms with Crippen molar-refractivity contribution < 1.29 is 9.26 Å². The minimum Gasteiger partial charge on any atom is -0.381 e. The molecule has 2 unspecified atom stereocenters. The first-order valence-corrected chi connectivity index (χ1v) is 6.67. The van der Waals surface area contributed by atoms with Gasteiger partial charge >= 0.3 is 0 Å². The number of likely N-dealkylation sites (N-methyl/N-ethyl adjacent to an activating group) is 1. The van der Waals surface area contributed by atoms with E-state index in [-0.39, 0.29) is 24.4 Å². The van der Waals surface area contributed by atoms with Crippen molar-refractivity contribution in [2.24, 2.45) is 0 Å². The van der Waals surface area contributed by atoms with E-state index in [9.17, 15) is 0 Å². The van der Waals surface area contributed by atoms with Gasteiger partial charge in [0.1, 0.15) is 0 Å². The Labute approximate surface area is 119 Å². The topological polar surface area (TPSA) is 63.4 Å². The quantitative estimate of drug-likeness (QED) is 0.875. The monoisotopic (exact) mass is 288 g/mol. The van der Waals surface area contributed by atoms with E-state index in [0.717, 1.165) is 50.8 Å². The van der Waals surface area contributed by atoms with Crippen molar-refractivity contribution in [2.75, 3.05) is 39.9 Å². The van der Waals surface area contributed by atoms with Crippen LogP contribution < -0.4 is 5.32 Å². The van der Waals surface area contributed by atoms with Crippen LogP contribution in [0.2, 0.25) is 0 Å². The second-order valence-electron chi connectivity index (χ2n) is 5.11. The molecule has 2 atom stereocenters. The zero-order chi connectivity index (χ0) is 12.4. The first-order chi connectivity index (χ1) is 8.84. The summed E-state index contributed by atoms with van der Waals surface area (Å²) in [6.45, 7) is 4.49. The molecule has 1 N–H and O–H groups in total. The first kappa shape index (κ1) is 14.7. The summed E-state index contributed by atoms with van der Waals surface area (Å²) in [6.07, 6.45) is 2.16. The maximum atomic E-state index is 5.46. The summed E-state index contributed by atoms with van der Waals surface area (Å²) in [4.78, 5) is 6.83. The third-order valence-electron chi connectivity index (χ3n) is 3.78. The first-order valence-electron chi connectivity index (χ1n) is 6.67. The maximum absolute atomic E-state index is 5.46. The minimum atomic E-state index is 0. The summed E-state index contributed by atoms with van der Waals surface area (Å²) in [5.41, 5.74) is 0. The Morgan fingerprint density at radius 1 is 1.42 bits per heavy atom. The molecule has 2 saturated heterocycles. The molecule has 2 fully saturated rings. The number of hydrogen-bond acceptors (Lipinski definition) is 6. The van der Waals surface area contributed by atoms with E-state index in [4.69, 9.17) is 9.26 Å². The van der Waals surface area contributed by atoms with Crippen LogP contribution >= 0.6 is 12.4 Å². The largest absolute Gasteiger partial charge is 0.381 e. The highest BCUT2D eigenvalue weighted by Crippen LogP contribution is 2.26. The molecular formula is C12H21ClN4O2. The molecule has 0 spiro atoms. The summed E-state index contributed by atoms with van der Waals surface area (Å²) in [6, 6.07) is 0.223. The summed E-state index contributed by atoms with van der Waals surface area (Å²) in [5, 5.41) is 7.51. The molecule has 6 nitrogen and oxygen atoms in total. The highest BCUT2D eigenvalue weighted by molar-refractivity contribution is 5.85. The van der Waals surface area contributed by atoms with Crippen molar-refractivity contribution in [3.63, 3.8) is 0 Å². The van der Waals surface area contributed by atoms with E-state index in [1.54, 1.807) is 0 Å². The number of hydrogen-bond donors (Lipinski definition) is 1. The molecule has 0 aliphatic carbocycles. The van der Waals surface area contributed by atoms with Gasteiger partial charge in [-0.2, -0.15) is 4.98 Å². The van der Waals surface area contributed by atoms with Crippen LogP contribution in [-0.2, 0) is 4.74 Å². The van der Waals surface area contributed by atoms with Gasteiger partial charge in [-0.1, -0.05) is 5.16 Å². The molecule has 3 heterocycles. The van der Waals surface area contributed by atoms with Crippen molar-refractivity contribution in [3.8, 4) is 0 Å². The standard InChI is InChI=1S/C12H20N4O2.ClH/c1-16-5-4-13-7-10(16)11-14-12(18-15-11)9-3-2-6-17-8-9;/h9-10,13H,2-8H2,1H3;1H. The van der Waals surface area contributed by atoms with Gasteiger partial charge in [-0.15, -0.1) is 12.4 Å². The Bertz CT molecular complexity index is 395. The smallest absolute Gasteiger partial charge is 0.232 e. The van der Waals surface area contributed by atoms with E-state index < -0.39 is 0 Å². The third-order valence-corrected chi connectivity index (χ3v) is 3.78. The van der Waals surface area contributed by atoms with Gasteiger partial charge < -0.3 is 14.6 Å². The molecule has 2 aliphatic rings. The van der Waals surface area contributed by atoms with E-state index in [0.29, 0.717) is 6.61 Å². The van der Waals surface area contributed by atoms with Crippen LogP contribution in [0.3, 0.4) is 0 Å². The van der Waals surface area contributed by atoms with Gasteiger partial charge in [0.05, 0.1) is 18.6 Å². The van der Waals surface area contributed by atoms with Crippen LogP contribution in [0.15, 0.2) is 4.52 Å². The van der Waals surface area contributed by atoms with Gasteiger partial charge in [0.25, 0.3) is 0 Å². The minimum absolute atomic E-state index is 0. The molecule has 7 heteroatoms. The van der Waals surface area contributed by atoms with Crippen LogP contribution in [0.4, 0.5) is 0 Å². The Kier molecular flexibility index (Phi) is 5.15. The summed E-state index contributed by atoms with van der Waals surface area (Å²) in [5.74, 6) is 1.82. The molecule has 0 amide bonds. The molecule has 3 rings (SSSR count). The lowest BCUT2D eigenvalue weighted by molar-refractivity contribution is 0.0705. The molecule has 0 radical (unpaired) electrons. The predicted molar refractivity (Wildman–Crippen MR) is 72.6 cm³/mol. The van der Waals surface area contributed by atoms with Crippen LogP contribution in [0.1, 0.15) is 36.5 Å². The highest BCUT2D eigenvalue weighted by atomic mass is 35.5. The van der Waals surface area contributed by atoms with Crippen LogP contribution in [-0.4, -0.2) is 54.9 Å². The zero-order valence-corrected chi connectivity index (χ0v) is 12.0. The Morgan fingerprint density at radius 2 is 2.32 bits per heavy atom. The molecule has 0 bridgehead atoms. The number of piperazine rings is 1. The Morgan fingerprint density at radius 3 is 3.05 bits per heavy atom. The summed E-state index contributed by atoms with van der Waals surface area (Å²) in [7, 11) is 2.10. The molecular weight excluding hydrogens is 268 g/mol. The molecule has 0 aromatic carbocycles. The number of halogens is 1. The lowest BCUT2D eigenvalue weighted by Gasteiger charge is -2.30. The van der Waals surface area contributed by atoms with Crippen LogP contribution in [0.5, 0.6) is 0 Å². The van der Waals surface area contributed by atoms with Gasteiger partial charge in [0.2, 0.25) is 5.89 Å². The van der Waals surface area contributed by atoms with Crippen molar-refractivity contribution in [3.05, 3.63) is 11.7 Å². The highest BCUT2D eigenvalue weighted by Gasteiger charge is 2.28. The number of nitrogens with one attached hydrogen (secondary N) is 1. The van der Waals surface area contributed by atoms with Crippen molar-refractivity contribution in [2.45, 2.75) is 24.8 Å². The molecule has 1 aromatic rings. The molecule has 0 saturated carbocycles. The molecule has 1 aromatic heterocycles. The molecule has 19 heavy (non-hydrogen) atoms. The second kappa shape index (κ2) is 6.65. The van der Waals surface area contributed by atoms with Crippen LogP contribution in [0, 0.1) is 0 Å². The van der Waals surface area contributed by atoms with Gasteiger partial charge in [-0.25, -0.2) is 0 Å². The summed E-state index contributed by atoms with van der Waals surface area (Å²) < 4.78 is 10.9. The van der Waals surface area contributed by atoms with Gasteiger partial charge in [-0.05, 0) is 19.9 Å². The normalized spacial score (nSPS) is 28.9. The lowest BCUT2D eigenvalue weighted by atomic mass is 10.0. The van der Waals surface area contributed by atoms with E-state index in [1.165, 1.54) is 0 Å². The number of rotatable bonds is 2. The lowest BCUT2D eigenvalue weighted by Crippen LogP contribution is -2.44. The van der Waals surface area contributed by atoms with Gasteiger partial charge in [0, 0.05) is 26.2 Å². The Balaban J connectivity index is 0.00000133. The number of nitrogens with zero attached hydrogens (tertiary/aromatic N) is 3. The van der Waals surface area contributed by atoms with Gasteiger partial charge in [0.15, 0.2) is 5.82 Å². The molecule has 2 aliphatic heterocycles. The maximum Gasteiger partial charge on any atom is 0.232 e. The van der Waals surface area contributed by atoms with Crippen molar-refractivity contribution >= 4 is 12.4 Å². The third kappa shape index (κ3) is 3.25. The fraction of sp³-hybridized carbons (Fsp3) is 0.833. The SMILES string of the molecule is CN1CCNCC1c1noc(C2CCCOC2)n1.Cl. The summed E-state index contributed by atoms with van der Waals surface area (Å²) >= 11 is 0. The fourth-order valence-corrected chi connectivity index (χ4v) is 2.58. The van der Waals surface area contributed by atoms with E-state index in [2.05, 4.69) is 27.4 Å². The second-order valence-corrected chi connectivity index (χ2v) is 5.11. The fourth-order valence-electron chi connectivity index (χ4n) is 2.58. The zero-order valence-electron chi connectivity index (χ0n) is 11.2.